The normalized spacial score (nSPS) is 26.4. The van der Waals surface area contributed by atoms with Crippen molar-refractivity contribution in [1.29, 1.82) is 0 Å². The minimum atomic E-state index is 0.387. The van der Waals surface area contributed by atoms with E-state index in [0.29, 0.717) is 11.5 Å². The number of fused-ring (bicyclic) bond motifs is 1. The average molecular weight is 292 g/mol. The number of hydrogen-bond acceptors (Lipinski definition) is 3. The highest BCUT2D eigenvalue weighted by atomic mass is 32.1. The Morgan fingerprint density at radius 1 is 1.25 bits per heavy atom. The molecule has 20 heavy (non-hydrogen) atoms. The molecule has 0 radical (unpaired) electrons. The van der Waals surface area contributed by atoms with Crippen LogP contribution >= 0.6 is 11.3 Å². The topological polar surface area (TPSA) is 24.9 Å². The van der Waals surface area contributed by atoms with Crippen LogP contribution in [0.15, 0.2) is 0 Å². The molecule has 1 fully saturated rings. The van der Waals surface area contributed by atoms with Crippen LogP contribution in [0.2, 0.25) is 0 Å². The van der Waals surface area contributed by atoms with Crippen molar-refractivity contribution in [2.45, 2.75) is 77.7 Å². The second kappa shape index (κ2) is 5.76. The Labute approximate surface area is 127 Å². The van der Waals surface area contributed by atoms with Gasteiger partial charge in [-0.1, -0.05) is 40.0 Å². The summed E-state index contributed by atoms with van der Waals surface area (Å²) < 4.78 is 0. The first-order chi connectivity index (χ1) is 9.59. The Bertz CT molecular complexity index is 458. The molecule has 0 aliphatic heterocycles. The van der Waals surface area contributed by atoms with Crippen LogP contribution in [-0.2, 0) is 6.42 Å². The monoisotopic (exact) mass is 292 g/mol. The molecule has 2 nitrogen and oxygen atoms in total. The van der Waals surface area contributed by atoms with Crippen molar-refractivity contribution in [2.75, 3.05) is 6.54 Å². The highest BCUT2D eigenvalue weighted by Gasteiger charge is 2.35. The van der Waals surface area contributed by atoms with Crippen LogP contribution in [0.1, 0.15) is 86.8 Å². The summed E-state index contributed by atoms with van der Waals surface area (Å²) in [4.78, 5) is 6.63. The zero-order chi connectivity index (χ0) is 14.2. The summed E-state index contributed by atoms with van der Waals surface area (Å²) in [6, 6.07) is 0.536. The predicted molar refractivity (Wildman–Crippen MR) is 86.5 cm³/mol. The van der Waals surface area contributed by atoms with E-state index in [1.54, 1.807) is 4.88 Å². The van der Waals surface area contributed by atoms with E-state index in [1.165, 1.54) is 49.2 Å². The van der Waals surface area contributed by atoms with Crippen molar-refractivity contribution in [3.05, 3.63) is 15.6 Å². The molecule has 0 aromatic carbocycles. The van der Waals surface area contributed by atoms with Crippen molar-refractivity contribution < 1.29 is 0 Å². The van der Waals surface area contributed by atoms with Crippen LogP contribution in [0, 0.1) is 5.41 Å². The third-order valence-electron chi connectivity index (χ3n) is 4.87. The first-order valence-electron chi connectivity index (χ1n) is 8.32. The molecule has 2 aliphatic carbocycles. The Hall–Kier alpha value is -0.410. The summed E-state index contributed by atoms with van der Waals surface area (Å²) in [5.41, 5.74) is 1.79. The van der Waals surface area contributed by atoms with Crippen LogP contribution in [0.4, 0.5) is 0 Å². The maximum absolute atomic E-state index is 5.08. The molecule has 0 saturated heterocycles. The lowest BCUT2D eigenvalue weighted by molar-refractivity contribution is 0.260. The van der Waals surface area contributed by atoms with E-state index in [9.17, 15) is 0 Å². The summed E-state index contributed by atoms with van der Waals surface area (Å²) in [5.74, 6) is 0.754. The molecule has 1 saturated carbocycles. The number of rotatable bonds is 3. The zero-order valence-electron chi connectivity index (χ0n) is 13.2. The molecule has 1 N–H and O–H groups in total. The van der Waals surface area contributed by atoms with Crippen molar-refractivity contribution in [3.8, 4) is 0 Å². The molecule has 1 atom stereocenters. The van der Waals surface area contributed by atoms with Crippen molar-refractivity contribution >= 4 is 11.3 Å². The molecule has 0 amide bonds. The van der Waals surface area contributed by atoms with Crippen LogP contribution in [0.25, 0.3) is 0 Å². The third-order valence-corrected chi connectivity index (χ3v) is 6.24. The number of nitrogens with one attached hydrogen (secondary N) is 1. The molecule has 3 heteroatoms. The van der Waals surface area contributed by atoms with Crippen LogP contribution in [-0.4, -0.2) is 11.5 Å². The van der Waals surface area contributed by atoms with Crippen LogP contribution in [0.5, 0.6) is 0 Å². The van der Waals surface area contributed by atoms with Gasteiger partial charge >= 0.3 is 0 Å². The van der Waals surface area contributed by atoms with Gasteiger partial charge in [0.05, 0.1) is 10.7 Å². The van der Waals surface area contributed by atoms with Gasteiger partial charge in [-0.2, -0.15) is 0 Å². The fourth-order valence-corrected chi connectivity index (χ4v) is 5.22. The minimum absolute atomic E-state index is 0.387. The first kappa shape index (κ1) is 14.5. The van der Waals surface area contributed by atoms with Gasteiger partial charge in [0.15, 0.2) is 0 Å². The van der Waals surface area contributed by atoms with E-state index in [4.69, 9.17) is 4.98 Å². The number of hydrogen-bond donors (Lipinski definition) is 1. The van der Waals surface area contributed by atoms with E-state index < -0.39 is 0 Å². The summed E-state index contributed by atoms with van der Waals surface area (Å²) in [6.07, 6.45) is 9.36. The van der Waals surface area contributed by atoms with Gasteiger partial charge in [-0.3, -0.25) is 0 Å². The molecule has 0 spiro atoms. The molecular weight excluding hydrogens is 264 g/mol. The maximum atomic E-state index is 5.08. The van der Waals surface area contributed by atoms with E-state index in [0.717, 1.165) is 18.9 Å². The number of nitrogens with zero attached hydrogens (tertiary/aromatic N) is 1. The first-order valence-corrected chi connectivity index (χ1v) is 9.13. The molecule has 3 rings (SSSR count). The van der Waals surface area contributed by atoms with Gasteiger partial charge in [-0.25, -0.2) is 4.98 Å². The predicted octanol–water partition coefficient (Wildman–Crippen LogP) is 4.81. The van der Waals surface area contributed by atoms with Gasteiger partial charge in [0.2, 0.25) is 0 Å². The van der Waals surface area contributed by atoms with Gasteiger partial charge in [0.25, 0.3) is 0 Å². The number of aromatic nitrogens is 1. The smallest absolute Gasteiger partial charge is 0.0962 e. The van der Waals surface area contributed by atoms with Gasteiger partial charge < -0.3 is 5.32 Å². The highest BCUT2D eigenvalue weighted by Crippen LogP contribution is 2.45. The van der Waals surface area contributed by atoms with Gasteiger partial charge in [-0.15, -0.1) is 11.3 Å². The quantitative estimate of drug-likeness (QED) is 0.864. The second-order valence-electron chi connectivity index (χ2n) is 7.35. The lowest BCUT2D eigenvalue weighted by Gasteiger charge is -2.34. The van der Waals surface area contributed by atoms with Gasteiger partial charge in [0, 0.05) is 16.8 Å². The standard InChI is InChI=1S/C17H28N2S/c1-4-18-13-10-17(2,3)11-14-15(13)20-16(19-14)12-8-6-5-7-9-12/h12-13,18H,4-11H2,1-3H3. The summed E-state index contributed by atoms with van der Waals surface area (Å²) in [7, 11) is 0. The zero-order valence-corrected chi connectivity index (χ0v) is 14.0. The summed E-state index contributed by atoms with van der Waals surface area (Å²) in [5, 5.41) is 5.12. The molecule has 1 aromatic rings. The Morgan fingerprint density at radius 3 is 2.70 bits per heavy atom. The van der Waals surface area contributed by atoms with Crippen molar-refractivity contribution in [1.82, 2.24) is 10.3 Å². The molecular formula is C17H28N2S. The fraction of sp³-hybridized carbons (Fsp3) is 0.824. The van der Waals surface area contributed by atoms with Gasteiger partial charge in [0.1, 0.15) is 0 Å². The molecule has 2 aliphatic rings. The Balaban J connectivity index is 1.87. The van der Waals surface area contributed by atoms with Gasteiger partial charge in [-0.05, 0) is 37.6 Å². The SMILES string of the molecule is CCNC1CC(C)(C)Cc2nc(C3CCCCC3)sc21. The molecule has 1 unspecified atom stereocenters. The van der Waals surface area contributed by atoms with Crippen molar-refractivity contribution in [2.24, 2.45) is 5.41 Å². The van der Waals surface area contributed by atoms with E-state index >= 15 is 0 Å². The lowest BCUT2D eigenvalue weighted by atomic mass is 9.76. The largest absolute Gasteiger partial charge is 0.309 e. The Kier molecular flexibility index (Phi) is 4.19. The van der Waals surface area contributed by atoms with Crippen molar-refractivity contribution in [3.63, 3.8) is 0 Å². The molecule has 1 aromatic heterocycles. The van der Waals surface area contributed by atoms with E-state index in [2.05, 4.69) is 26.1 Å². The summed E-state index contributed by atoms with van der Waals surface area (Å²) >= 11 is 2.02. The third kappa shape index (κ3) is 2.94. The minimum Gasteiger partial charge on any atom is -0.309 e. The highest BCUT2D eigenvalue weighted by molar-refractivity contribution is 7.12. The fourth-order valence-electron chi connectivity index (χ4n) is 3.89. The van der Waals surface area contributed by atoms with E-state index in [1.807, 2.05) is 11.3 Å². The lowest BCUT2D eigenvalue weighted by Crippen LogP contribution is -2.32. The van der Waals surface area contributed by atoms with E-state index in [-0.39, 0.29) is 0 Å². The molecule has 112 valence electrons. The van der Waals surface area contributed by atoms with Crippen LogP contribution < -0.4 is 5.32 Å². The maximum Gasteiger partial charge on any atom is 0.0962 e. The average Bonchev–Trinajstić information content (AvgIpc) is 2.82. The molecule has 0 bridgehead atoms. The molecule has 1 heterocycles. The Morgan fingerprint density at radius 2 is 2.00 bits per heavy atom. The number of thiazole rings is 1. The van der Waals surface area contributed by atoms with Crippen LogP contribution in [0.3, 0.4) is 0 Å². The second-order valence-corrected chi connectivity index (χ2v) is 8.42. The summed E-state index contributed by atoms with van der Waals surface area (Å²) in [6.45, 7) is 8.04.